The Balaban J connectivity index is 1.67. The molecular weight excluding hydrogens is 863 g/mol. The maximum Gasteiger partial charge on any atom is 0.341 e. The van der Waals surface area contributed by atoms with Crippen LogP contribution in [-0.2, 0) is 11.2 Å². The number of thiophene rings is 1. The smallest absolute Gasteiger partial charge is 0.341 e. The first kappa shape index (κ1) is 27.8. The number of aromatic nitrogens is 3. The summed E-state index contributed by atoms with van der Waals surface area (Å²) in [7, 11) is 0. The van der Waals surface area contributed by atoms with Crippen LogP contribution in [0.4, 0.5) is 0 Å². The minimum Gasteiger partial charge on any atom is -0.482 e. The van der Waals surface area contributed by atoms with Crippen LogP contribution in [0.3, 0.4) is 0 Å². The summed E-state index contributed by atoms with van der Waals surface area (Å²) >= 11 is 8.90. The molecule has 6 nitrogen and oxygen atoms in total. The van der Waals surface area contributed by atoms with Gasteiger partial charge in [0.05, 0.1) is 49.2 Å². The average Bonchev–Trinajstić information content (AvgIpc) is 3.77. The van der Waals surface area contributed by atoms with Gasteiger partial charge in [0.1, 0.15) is 5.75 Å². The highest BCUT2D eigenvalue weighted by Gasteiger charge is 2.16. The number of ether oxygens (including phenoxy) is 1. The molecule has 3 aromatic heterocycles. The molecule has 2 aliphatic heterocycles. The van der Waals surface area contributed by atoms with Gasteiger partial charge in [-0.05, 0) is 140 Å². The normalized spacial score (nSPS) is 12.2. The molecule has 0 spiro atoms. The number of aryl methyl sites for hydroxylation is 1. The van der Waals surface area contributed by atoms with Crippen molar-refractivity contribution in [1.29, 1.82) is 0 Å². The Morgan fingerprint density at radius 2 is 1.48 bits per heavy atom. The lowest BCUT2D eigenvalue weighted by atomic mass is 10.1. The number of carboxylic acid groups (broad SMARTS) is 1. The van der Waals surface area contributed by atoms with Crippen LogP contribution in [0, 0.1) is 10.7 Å². The van der Waals surface area contributed by atoms with Gasteiger partial charge in [0, 0.05) is 10.3 Å². The fourth-order valence-corrected chi connectivity index (χ4v) is 7.98. The van der Waals surface area contributed by atoms with E-state index in [4.69, 9.17) is 19.8 Å². The number of carboxylic acids is 1. The number of carbonyl (C=O) groups is 1. The summed E-state index contributed by atoms with van der Waals surface area (Å²) in [5.74, 6) is -0.477. The van der Waals surface area contributed by atoms with Gasteiger partial charge >= 0.3 is 5.97 Å². The molecule has 0 fully saturated rings. The number of rotatable bonds is 5. The second-order valence-corrected chi connectivity index (χ2v) is 13.3. The van der Waals surface area contributed by atoms with Crippen molar-refractivity contribution in [3.05, 3.63) is 81.5 Å². The Morgan fingerprint density at radius 1 is 0.875 bits per heavy atom. The number of halogens is 3. The lowest BCUT2D eigenvalue weighted by Crippen LogP contribution is -2.09. The predicted octanol–water partition coefficient (Wildman–Crippen LogP) is 8.90. The molecule has 4 aromatic rings. The summed E-state index contributed by atoms with van der Waals surface area (Å²) < 4.78 is 10.9. The van der Waals surface area contributed by atoms with Gasteiger partial charge in [-0.15, -0.1) is 11.3 Å². The molecule has 1 aromatic carbocycles. The Hall–Kier alpha value is -2.30. The number of aromatic amines is 1. The Morgan fingerprint density at radius 3 is 2.12 bits per heavy atom. The third-order valence-corrected chi connectivity index (χ3v) is 11.5. The Kier molecular flexibility index (Phi) is 8.03. The number of benzene rings is 1. The second kappa shape index (κ2) is 11.5. The van der Waals surface area contributed by atoms with E-state index in [1.807, 2.05) is 24.3 Å². The van der Waals surface area contributed by atoms with Crippen LogP contribution in [0.25, 0.3) is 55.9 Å². The zero-order valence-corrected chi connectivity index (χ0v) is 28.3. The standard InChI is InChI=1S/C30H20I3N3O3S/c1-2-17-19-7-8-20(34-19)27(31)21-9-10-22(35-21)28(32)23-11-12-24(36-23)29(33)30-18(13-25(17)40-30)15-3-5-16(6-4-15)39-14-26(37)38/h3-13,36H,2,14H2,1H3,(H,37,38). The van der Waals surface area contributed by atoms with E-state index in [2.05, 4.69) is 122 Å². The van der Waals surface area contributed by atoms with E-state index in [0.717, 1.165) is 66.8 Å². The van der Waals surface area contributed by atoms with Crippen molar-refractivity contribution in [3.63, 3.8) is 0 Å². The monoisotopic (exact) mass is 883 g/mol. The highest BCUT2D eigenvalue weighted by molar-refractivity contribution is 14.1. The number of nitrogens with zero attached hydrogens (tertiary/aromatic N) is 2. The molecule has 0 atom stereocenters. The summed E-state index contributed by atoms with van der Waals surface area (Å²) in [5.41, 5.74) is 9.12. The summed E-state index contributed by atoms with van der Waals surface area (Å²) in [4.78, 5) is 24.5. The molecule has 40 heavy (non-hydrogen) atoms. The highest BCUT2D eigenvalue weighted by atomic mass is 127. The third-order valence-electron chi connectivity index (χ3n) is 6.53. The van der Waals surface area contributed by atoms with Crippen LogP contribution in [0.5, 0.6) is 5.75 Å². The number of hydrogen-bond acceptors (Lipinski definition) is 5. The molecule has 0 saturated carbocycles. The van der Waals surface area contributed by atoms with Crippen LogP contribution in [0.15, 0.2) is 42.5 Å². The van der Waals surface area contributed by atoms with Crippen LogP contribution in [0.1, 0.15) is 35.3 Å². The van der Waals surface area contributed by atoms with Crippen LogP contribution < -0.4 is 4.74 Å². The molecule has 0 radical (unpaired) electrons. The highest BCUT2D eigenvalue weighted by Crippen LogP contribution is 2.40. The summed E-state index contributed by atoms with van der Waals surface area (Å²) in [6.07, 6.45) is 9.13. The van der Waals surface area contributed by atoms with Gasteiger partial charge < -0.3 is 14.8 Å². The molecule has 0 saturated heterocycles. The number of nitrogens with one attached hydrogen (secondary N) is 1. The quantitative estimate of drug-likeness (QED) is 0.169. The molecule has 5 heterocycles. The first-order valence-electron chi connectivity index (χ1n) is 12.3. The van der Waals surface area contributed by atoms with Crippen LogP contribution >= 0.6 is 79.1 Å². The maximum atomic E-state index is 10.9. The topological polar surface area (TPSA) is 88.1 Å². The summed E-state index contributed by atoms with van der Waals surface area (Å²) in [6, 6.07) is 14.1. The number of fused-ring (bicyclic) bond motifs is 8. The average molecular weight is 883 g/mol. The first-order chi connectivity index (χ1) is 19.3. The van der Waals surface area contributed by atoms with Crippen molar-refractivity contribution in [2.45, 2.75) is 13.3 Å². The van der Waals surface area contributed by atoms with E-state index >= 15 is 0 Å². The summed E-state index contributed by atoms with van der Waals surface area (Å²) in [5, 5.41) is 8.95. The van der Waals surface area contributed by atoms with Crippen LogP contribution in [-0.4, -0.2) is 32.6 Å². The third kappa shape index (κ3) is 5.34. The number of H-pyrrole nitrogens is 1. The Labute approximate surface area is 275 Å². The van der Waals surface area contributed by atoms with E-state index in [0.29, 0.717) is 5.75 Å². The molecule has 0 unspecified atom stereocenters. The SMILES string of the molecule is CCc1c2nc(c(I)c3nc(c(I)c4ccc([nH]4)c(I)c4sc1cc4-c1ccc(OCC(=O)O)cc1)C=C3)C=C2. The largest absolute Gasteiger partial charge is 0.482 e. The first-order valence-corrected chi connectivity index (χ1v) is 16.4. The van der Waals surface area contributed by atoms with Crippen LogP contribution in [0.2, 0.25) is 0 Å². The molecule has 2 N–H and O–H groups in total. The van der Waals surface area contributed by atoms with Gasteiger partial charge in [-0.2, -0.15) is 0 Å². The van der Waals surface area contributed by atoms with Gasteiger partial charge in [0.2, 0.25) is 0 Å². The lowest BCUT2D eigenvalue weighted by molar-refractivity contribution is -0.139. The summed E-state index contributed by atoms with van der Waals surface area (Å²) in [6.45, 7) is 1.80. The maximum absolute atomic E-state index is 10.9. The van der Waals surface area contributed by atoms with E-state index in [9.17, 15) is 4.79 Å². The van der Waals surface area contributed by atoms with Crippen molar-refractivity contribution in [1.82, 2.24) is 15.0 Å². The molecule has 200 valence electrons. The molecule has 0 aliphatic carbocycles. The fourth-order valence-electron chi connectivity index (χ4n) is 4.58. The number of hydrogen-bond donors (Lipinski definition) is 2. The molecule has 10 heteroatoms. The van der Waals surface area contributed by atoms with Crippen molar-refractivity contribution in [3.8, 4) is 16.9 Å². The van der Waals surface area contributed by atoms with Crippen molar-refractivity contribution < 1.29 is 14.6 Å². The zero-order valence-electron chi connectivity index (χ0n) is 21.0. The zero-order chi connectivity index (χ0) is 28.0. The van der Waals surface area contributed by atoms with E-state index in [1.165, 1.54) is 10.3 Å². The minimum absolute atomic E-state index is 0.370. The number of aliphatic carboxylic acids is 1. The van der Waals surface area contributed by atoms with Gasteiger partial charge in [0.15, 0.2) is 6.61 Å². The molecular formula is C30H20I3N3O3S. The molecule has 6 rings (SSSR count). The van der Waals surface area contributed by atoms with E-state index < -0.39 is 5.97 Å². The van der Waals surface area contributed by atoms with Gasteiger partial charge in [0.25, 0.3) is 0 Å². The van der Waals surface area contributed by atoms with Crippen molar-refractivity contribution in [2.24, 2.45) is 0 Å². The fraction of sp³-hybridized carbons (Fsp3) is 0.100. The van der Waals surface area contributed by atoms with Gasteiger partial charge in [-0.1, -0.05) is 19.1 Å². The lowest BCUT2D eigenvalue weighted by Gasteiger charge is -2.05. The van der Waals surface area contributed by atoms with Gasteiger partial charge in [-0.3, -0.25) is 0 Å². The molecule has 2 aliphatic rings. The van der Waals surface area contributed by atoms with Crippen molar-refractivity contribution >= 4 is 130 Å². The minimum atomic E-state index is -1.00. The van der Waals surface area contributed by atoms with E-state index in [1.54, 1.807) is 11.3 Å². The van der Waals surface area contributed by atoms with Crippen molar-refractivity contribution in [2.75, 3.05) is 6.61 Å². The van der Waals surface area contributed by atoms with Gasteiger partial charge in [-0.25, -0.2) is 14.8 Å². The molecule has 0 amide bonds. The van der Waals surface area contributed by atoms with E-state index in [-0.39, 0.29) is 6.61 Å². The molecule has 8 bridgehead atoms. The second-order valence-electron chi connectivity index (χ2n) is 9.05. The predicted molar refractivity (Wildman–Crippen MR) is 188 cm³/mol. The Bertz CT molecular complexity index is 1910.